The molecular formula is C20H22ClNO4. The first-order valence-electron chi connectivity index (χ1n) is 8.40. The molecule has 2 aromatic carbocycles. The van der Waals surface area contributed by atoms with Gasteiger partial charge >= 0.3 is 0 Å². The summed E-state index contributed by atoms with van der Waals surface area (Å²) in [6.07, 6.45) is 1.69. The number of hydrogen-bond donors (Lipinski definition) is 2. The smallest absolute Gasteiger partial charge is 0.179 e. The van der Waals surface area contributed by atoms with Gasteiger partial charge in [0, 0.05) is 17.5 Å². The highest BCUT2D eigenvalue weighted by molar-refractivity contribution is 6.33. The quantitative estimate of drug-likeness (QED) is 0.583. The summed E-state index contributed by atoms with van der Waals surface area (Å²) < 4.78 is 16.0. The number of ether oxygens (including phenoxy) is 2. The molecule has 0 aliphatic carbocycles. The van der Waals surface area contributed by atoms with Crippen LogP contribution in [0.15, 0.2) is 47.1 Å². The summed E-state index contributed by atoms with van der Waals surface area (Å²) in [5.41, 5.74) is 2.47. The van der Waals surface area contributed by atoms with E-state index in [0.717, 1.165) is 22.1 Å². The number of aliphatic hydroxyl groups is 1. The first-order valence-corrected chi connectivity index (χ1v) is 8.77. The van der Waals surface area contributed by atoms with Crippen LogP contribution in [0.25, 0.3) is 11.0 Å². The van der Waals surface area contributed by atoms with Gasteiger partial charge < -0.3 is 24.3 Å². The van der Waals surface area contributed by atoms with Crippen LogP contribution >= 0.6 is 11.6 Å². The van der Waals surface area contributed by atoms with E-state index < -0.39 is 6.10 Å². The Bertz CT molecular complexity index is 877. The lowest BCUT2D eigenvalue weighted by Crippen LogP contribution is -2.24. The summed E-state index contributed by atoms with van der Waals surface area (Å²) in [5.74, 6) is 1.15. The Kier molecular flexibility index (Phi) is 6.04. The van der Waals surface area contributed by atoms with Crippen LogP contribution in [0.3, 0.4) is 0 Å². The van der Waals surface area contributed by atoms with Crippen molar-refractivity contribution in [2.24, 2.45) is 0 Å². The summed E-state index contributed by atoms with van der Waals surface area (Å²) in [4.78, 5) is 0. The molecule has 0 saturated carbocycles. The van der Waals surface area contributed by atoms with Gasteiger partial charge in [-0.2, -0.15) is 0 Å². The molecule has 0 saturated heterocycles. The Balaban J connectivity index is 1.58. The number of para-hydroxylation sites is 1. The molecule has 0 amide bonds. The van der Waals surface area contributed by atoms with Gasteiger partial charge in [-0.3, -0.25) is 0 Å². The number of halogens is 1. The standard InChI is InChI=1S/C20H22ClNO4/c1-24-17-7-6-13(18(21)20(17)25-2)8-10-22-12-16(23)15-5-3-4-14-9-11-26-19(14)15/h3-7,9,11,16,22-23H,8,10,12H2,1-2H3. The van der Waals surface area contributed by atoms with Crippen molar-refractivity contribution in [1.82, 2.24) is 5.32 Å². The molecule has 2 N–H and O–H groups in total. The Morgan fingerprint density at radius 1 is 1.15 bits per heavy atom. The number of aliphatic hydroxyl groups excluding tert-OH is 1. The molecule has 3 rings (SSSR count). The molecule has 0 spiro atoms. The first-order chi connectivity index (χ1) is 12.7. The zero-order chi connectivity index (χ0) is 18.5. The molecule has 1 aromatic heterocycles. The molecule has 5 nitrogen and oxygen atoms in total. The number of benzene rings is 2. The molecule has 6 heteroatoms. The molecule has 1 atom stereocenters. The van der Waals surface area contributed by atoms with Gasteiger partial charge in [0.1, 0.15) is 5.58 Å². The molecule has 1 unspecified atom stereocenters. The van der Waals surface area contributed by atoms with Crippen molar-refractivity contribution >= 4 is 22.6 Å². The van der Waals surface area contributed by atoms with Crippen molar-refractivity contribution in [3.63, 3.8) is 0 Å². The normalized spacial score (nSPS) is 12.3. The van der Waals surface area contributed by atoms with Gasteiger partial charge in [-0.1, -0.05) is 35.9 Å². The number of rotatable bonds is 8. The molecule has 1 heterocycles. The summed E-state index contributed by atoms with van der Waals surface area (Å²) in [5, 5.41) is 15.2. The van der Waals surface area contributed by atoms with E-state index in [0.29, 0.717) is 36.0 Å². The van der Waals surface area contributed by atoms with Crippen LogP contribution in [0.5, 0.6) is 11.5 Å². The van der Waals surface area contributed by atoms with Gasteiger partial charge in [0.2, 0.25) is 0 Å². The van der Waals surface area contributed by atoms with Crippen LogP contribution in [-0.2, 0) is 6.42 Å². The maximum Gasteiger partial charge on any atom is 0.179 e. The largest absolute Gasteiger partial charge is 0.493 e. The average Bonchev–Trinajstić information content (AvgIpc) is 3.14. The van der Waals surface area contributed by atoms with E-state index in [-0.39, 0.29) is 0 Å². The number of methoxy groups -OCH3 is 2. The van der Waals surface area contributed by atoms with E-state index in [1.54, 1.807) is 20.5 Å². The van der Waals surface area contributed by atoms with Crippen LogP contribution < -0.4 is 14.8 Å². The Morgan fingerprint density at radius 3 is 2.77 bits per heavy atom. The van der Waals surface area contributed by atoms with Crippen LogP contribution in [0, 0.1) is 0 Å². The van der Waals surface area contributed by atoms with E-state index >= 15 is 0 Å². The van der Waals surface area contributed by atoms with E-state index in [1.165, 1.54) is 0 Å². The van der Waals surface area contributed by atoms with Gasteiger partial charge in [-0.15, -0.1) is 0 Å². The third-order valence-electron chi connectivity index (χ3n) is 4.34. The fourth-order valence-corrected chi connectivity index (χ4v) is 3.30. The lowest BCUT2D eigenvalue weighted by Gasteiger charge is -2.15. The molecule has 0 aliphatic heterocycles. The second-order valence-corrected chi connectivity index (χ2v) is 6.31. The Morgan fingerprint density at radius 2 is 2.00 bits per heavy atom. The molecule has 0 aliphatic rings. The number of nitrogens with one attached hydrogen (secondary N) is 1. The van der Waals surface area contributed by atoms with E-state index in [9.17, 15) is 5.11 Å². The first kappa shape index (κ1) is 18.6. The molecule has 3 aromatic rings. The van der Waals surface area contributed by atoms with Crippen molar-refractivity contribution in [2.75, 3.05) is 27.3 Å². The monoisotopic (exact) mass is 375 g/mol. The minimum atomic E-state index is -0.647. The topological polar surface area (TPSA) is 63.9 Å². The van der Waals surface area contributed by atoms with Crippen molar-refractivity contribution < 1.29 is 19.0 Å². The van der Waals surface area contributed by atoms with Crippen molar-refractivity contribution in [1.29, 1.82) is 0 Å². The number of furan rings is 1. The molecule has 0 fully saturated rings. The summed E-state index contributed by atoms with van der Waals surface area (Å²) in [6, 6.07) is 11.4. The van der Waals surface area contributed by atoms with E-state index in [4.69, 9.17) is 25.5 Å². The lowest BCUT2D eigenvalue weighted by molar-refractivity contribution is 0.175. The van der Waals surface area contributed by atoms with Crippen LogP contribution in [0.4, 0.5) is 0 Å². The number of hydrogen-bond acceptors (Lipinski definition) is 5. The van der Waals surface area contributed by atoms with Gasteiger partial charge in [0.25, 0.3) is 0 Å². The Labute approximate surface area is 157 Å². The maximum absolute atomic E-state index is 10.5. The minimum absolute atomic E-state index is 0.421. The van der Waals surface area contributed by atoms with Gasteiger partial charge in [0.15, 0.2) is 11.5 Å². The van der Waals surface area contributed by atoms with Crippen molar-refractivity contribution in [2.45, 2.75) is 12.5 Å². The lowest BCUT2D eigenvalue weighted by atomic mass is 10.1. The van der Waals surface area contributed by atoms with Crippen LogP contribution in [0.1, 0.15) is 17.2 Å². The van der Waals surface area contributed by atoms with Gasteiger partial charge in [0.05, 0.1) is 31.6 Å². The summed E-state index contributed by atoms with van der Waals surface area (Å²) in [7, 11) is 3.15. The third-order valence-corrected chi connectivity index (χ3v) is 4.76. The maximum atomic E-state index is 10.5. The van der Waals surface area contributed by atoms with Crippen molar-refractivity contribution in [3.05, 3.63) is 58.8 Å². The minimum Gasteiger partial charge on any atom is -0.493 e. The highest BCUT2D eigenvalue weighted by atomic mass is 35.5. The molecule has 138 valence electrons. The predicted molar refractivity (Wildman–Crippen MR) is 102 cm³/mol. The zero-order valence-corrected chi connectivity index (χ0v) is 15.5. The second-order valence-electron chi connectivity index (χ2n) is 5.93. The molecule has 0 bridgehead atoms. The molecule has 0 radical (unpaired) electrons. The molecular weight excluding hydrogens is 354 g/mol. The zero-order valence-electron chi connectivity index (χ0n) is 14.8. The average molecular weight is 376 g/mol. The SMILES string of the molecule is COc1ccc(CCNCC(O)c2cccc3ccoc23)c(Cl)c1OC. The van der Waals surface area contributed by atoms with E-state index in [1.807, 2.05) is 36.4 Å². The fourth-order valence-electron chi connectivity index (χ4n) is 2.97. The van der Waals surface area contributed by atoms with Gasteiger partial charge in [-0.05, 0) is 30.7 Å². The molecule has 26 heavy (non-hydrogen) atoms. The van der Waals surface area contributed by atoms with E-state index in [2.05, 4.69) is 5.32 Å². The Hall–Kier alpha value is -2.21. The highest BCUT2D eigenvalue weighted by Gasteiger charge is 2.15. The third kappa shape index (κ3) is 3.80. The summed E-state index contributed by atoms with van der Waals surface area (Å²) in [6.45, 7) is 1.09. The predicted octanol–water partition coefficient (Wildman–Crippen LogP) is 3.97. The van der Waals surface area contributed by atoms with Crippen LogP contribution in [0.2, 0.25) is 5.02 Å². The second kappa shape index (κ2) is 8.45. The fraction of sp³-hybridized carbons (Fsp3) is 0.300. The summed E-state index contributed by atoms with van der Waals surface area (Å²) >= 11 is 6.39. The van der Waals surface area contributed by atoms with Crippen molar-refractivity contribution in [3.8, 4) is 11.5 Å². The highest BCUT2D eigenvalue weighted by Crippen LogP contribution is 2.37. The number of fused-ring (bicyclic) bond motifs is 1. The van der Waals surface area contributed by atoms with Gasteiger partial charge in [-0.25, -0.2) is 0 Å². The van der Waals surface area contributed by atoms with Crippen LogP contribution in [-0.4, -0.2) is 32.4 Å².